The molecule has 1 aliphatic heterocycles. The van der Waals surface area contributed by atoms with Gasteiger partial charge in [0.1, 0.15) is 0 Å². The highest BCUT2D eigenvalue weighted by Crippen LogP contribution is 2.28. The third kappa shape index (κ3) is 3.41. The second-order valence-electron chi connectivity index (χ2n) is 6.09. The third-order valence-corrected chi connectivity index (χ3v) is 6.31. The fourth-order valence-corrected chi connectivity index (χ4v) is 4.47. The molecular formula is C16H22N2O4S. The molecule has 1 amide bonds. The normalized spacial score (nSPS) is 19.0. The Balaban J connectivity index is 1.77. The molecule has 1 aromatic carbocycles. The molecule has 1 saturated heterocycles. The topological polar surface area (TPSA) is 77.9 Å². The SMILES string of the molecule is O=C(c1ccc(S(=O)(=O)N2CCCC2)cc1)N(CCO)C1CC1. The van der Waals surface area contributed by atoms with Crippen LogP contribution < -0.4 is 0 Å². The van der Waals surface area contributed by atoms with Gasteiger partial charge in [0.2, 0.25) is 10.0 Å². The van der Waals surface area contributed by atoms with Crippen LogP contribution in [0, 0.1) is 0 Å². The van der Waals surface area contributed by atoms with E-state index in [0.29, 0.717) is 25.2 Å². The third-order valence-electron chi connectivity index (χ3n) is 4.39. The highest BCUT2D eigenvalue weighted by Gasteiger charge is 2.33. The fourth-order valence-electron chi connectivity index (χ4n) is 2.96. The molecule has 7 heteroatoms. The van der Waals surface area contributed by atoms with Crippen LogP contribution in [0.1, 0.15) is 36.0 Å². The van der Waals surface area contributed by atoms with Crippen LogP contribution in [-0.4, -0.2) is 60.9 Å². The molecule has 2 fully saturated rings. The molecule has 0 radical (unpaired) electrons. The summed E-state index contributed by atoms with van der Waals surface area (Å²) in [5.74, 6) is -0.147. The fraction of sp³-hybridized carbons (Fsp3) is 0.562. The lowest BCUT2D eigenvalue weighted by Gasteiger charge is -2.21. The van der Waals surface area contributed by atoms with Crippen molar-refractivity contribution in [2.75, 3.05) is 26.2 Å². The first-order valence-electron chi connectivity index (χ1n) is 8.06. The molecule has 0 unspecified atom stereocenters. The van der Waals surface area contributed by atoms with Gasteiger partial charge in [-0.3, -0.25) is 4.79 Å². The summed E-state index contributed by atoms with van der Waals surface area (Å²) in [5.41, 5.74) is 0.464. The van der Waals surface area contributed by atoms with E-state index < -0.39 is 10.0 Å². The van der Waals surface area contributed by atoms with Crippen molar-refractivity contribution in [2.45, 2.75) is 36.6 Å². The zero-order valence-corrected chi connectivity index (χ0v) is 13.8. The average molecular weight is 338 g/mol. The Hall–Kier alpha value is -1.44. The van der Waals surface area contributed by atoms with Gasteiger partial charge in [0.25, 0.3) is 5.91 Å². The molecule has 2 aliphatic rings. The minimum Gasteiger partial charge on any atom is -0.395 e. The average Bonchev–Trinajstić information content (AvgIpc) is 3.23. The van der Waals surface area contributed by atoms with Gasteiger partial charge in [-0.25, -0.2) is 8.42 Å². The van der Waals surface area contributed by atoms with Gasteiger partial charge in [-0.15, -0.1) is 0 Å². The van der Waals surface area contributed by atoms with E-state index in [9.17, 15) is 13.2 Å². The predicted octanol–water partition coefficient (Wildman–Crippen LogP) is 1.07. The number of benzene rings is 1. The molecule has 1 aromatic rings. The number of sulfonamides is 1. The maximum absolute atomic E-state index is 12.5. The molecule has 0 spiro atoms. The zero-order valence-electron chi connectivity index (χ0n) is 13.0. The number of aliphatic hydroxyl groups is 1. The van der Waals surface area contributed by atoms with E-state index in [1.807, 2.05) is 0 Å². The minimum atomic E-state index is -3.45. The van der Waals surface area contributed by atoms with Crippen molar-refractivity contribution in [3.05, 3.63) is 29.8 Å². The minimum absolute atomic E-state index is 0.0658. The van der Waals surface area contributed by atoms with E-state index >= 15 is 0 Å². The van der Waals surface area contributed by atoms with Gasteiger partial charge >= 0.3 is 0 Å². The number of amides is 1. The van der Waals surface area contributed by atoms with Crippen LogP contribution >= 0.6 is 0 Å². The zero-order chi connectivity index (χ0) is 16.4. The van der Waals surface area contributed by atoms with Crippen molar-refractivity contribution in [1.82, 2.24) is 9.21 Å². The lowest BCUT2D eigenvalue weighted by atomic mass is 10.2. The van der Waals surface area contributed by atoms with E-state index in [0.717, 1.165) is 25.7 Å². The standard InChI is InChI=1S/C16H22N2O4S/c19-12-11-18(14-5-6-14)16(20)13-3-7-15(8-4-13)23(21,22)17-9-1-2-10-17/h3-4,7-8,14,19H,1-2,5-6,9-12H2. The highest BCUT2D eigenvalue weighted by atomic mass is 32.2. The Morgan fingerprint density at radius 1 is 1.17 bits per heavy atom. The van der Waals surface area contributed by atoms with Crippen molar-refractivity contribution < 1.29 is 18.3 Å². The summed E-state index contributed by atoms with van der Waals surface area (Å²) < 4.78 is 26.4. The Bertz CT molecular complexity index is 662. The van der Waals surface area contributed by atoms with Crippen molar-refractivity contribution in [2.24, 2.45) is 0 Å². The summed E-state index contributed by atoms with van der Waals surface area (Å²) in [7, 11) is -3.45. The first-order valence-corrected chi connectivity index (χ1v) is 9.50. The second-order valence-corrected chi connectivity index (χ2v) is 8.03. The van der Waals surface area contributed by atoms with E-state index in [1.165, 1.54) is 16.4 Å². The number of carbonyl (C=O) groups is 1. The lowest BCUT2D eigenvalue weighted by Crippen LogP contribution is -2.35. The molecule has 1 N–H and O–H groups in total. The van der Waals surface area contributed by atoms with Crippen LogP contribution in [0.2, 0.25) is 0 Å². The maximum atomic E-state index is 12.5. The highest BCUT2D eigenvalue weighted by molar-refractivity contribution is 7.89. The smallest absolute Gasteiger partial charge is 0.254 e. The summed E-state index contributed by atoms with van der Waals surface area (Å²) >= 11 is 0. The number of carbonyl (C=O) groups excluding carboxylic acids is 1. The summed E-state index contributed by atoms with van der Waals surface area (Å²) in [6.07, 6.45) is 3.72. The Kier molecular flexibility index (Phi) is 4.70. The molecule has 126 valence electrons. The molecule has 1 saturated carbocycles. The van der Waals surface area contributed by atoms with Crippen LogP contribution in [0.3, 0.4) is 0 Å². The molecule has 0 aromatic heterocycles. The van der Waals surface area contributed by atoms with Gasteiger partial charge < -0.3 is 10.0 Å². The van der Waals surface area contributed by atoms with Crippen LogP contribution in [0.15, 0.2) is 29.2 Å². The van der Waals surface area contributed by atoms with Gasteiger partial charge in [-0.05, 0) is 49.9 Å². The summed E-state index contributed by atoms with van der Waals surface area (Å²) in [6, 6.07) is 6.36. The maximum Gasteiger partial charge on any atom is 0.254 e. The van der Waals surface area contributed by atoms with Gasteiger partial charge in [0.05, 0.1) is 11.5 Å². The number of hydrogen-bond donors (Lipinski definition) is 1. The first kappa shape index (κ1) is 16.4. The van der Waals surface area contributed by atoms with Crippen molar-refractivity contribution in [3.8, 4) is 0 Å². The number of rotatable bonds is 6. The van der Waals surface area contributed by atoms with Crippen LogP contribution in [0.4, 0.5) is 0 Å². The summed E-state index contributed by atoms with van der Waals surface area (Å²) in [4.78, 5) is 14.4. The van der Waals surface area contributed by atoms with Crippen molar-refractivity contribution in [1.29, 1.82) is 0 Å². The predicted molar refractivity (Wildman–Crippen MR) is 85.6 cm³/mol. The molecule has 0 bridgehead atoms. The van der Waals surface area contributed by atoms with Gasteiger partial charge in [0, 0.05) is 31.2 Å². The second kappa shape index (κ2) is 6.59. The van der Waals surface area contributed by atoms with E-state index in [2.05, 4.69) is 0 Å². The van der Waals surface area contributed by atoms with Crippen molar-refractivity contribution >= 4 is 15.9 Å². The van der Waals surface area contributed by atoms with Gasteiger partial charge in [-0.2, -0.15) is 4.31 Å². The van der Waals surface area contributed by atoms with E-state index in [4.69, 9.17) is 5.11 Å². The Morgan fingerprint density at radius 3 is 2.30 bits per heavy atom. The van der Waals surface area contributed by atoms with Crippen LogP contribution in [0.5, 0.6) is 0 Å². The number of nitrogens with zero attached hydrogens (tertiary/aromatic N) is 2. The van der Waals surface area contributed by atoms with Gasteiger partial charge in [0.15, 0.2) is 0 Å². The summed E-state index contributed by atoms with van der Waals surface area (Å²) in [6.45, 7) is 1.38. The van der Waals surface area contributed by atoms with Crippen LogP contribution in [0.25, 0.3) is 0 Å². The van der Waals surface area contributed by atoms with E-state index in [1.54, 1.807) is 17.0 Å². The molecule has 1 aliphatic carbocycles. The molecular weight excluding hydrogens is 316 g/mol. The monoisotopic (exact) mass is 338 g/mol. The Morgan fingerprint density at radius 2 is 1.78 bits per heavy atom. The van der Waals surface area contributed by atoms with Gasteiger partial charge in [-0.1, -0.05) is 0 Å². The number of hydrogen-bond acceptors (Lipinski definition) is 4. The number of aliphatic hydroxyl groups excluding tert-OH is 1. The molecule has 0 atom stereocenters. The molecule has 6 nitrogen and oxygen atoms in total. The molecule has 1 heterocycles. The largest absolute Gasteiger partial charge is 0.395 e. The lowest BCUT2D eigenvalue weighted by molar-refractivity contribution is 0.0707. The Labute approximate surface area is 136 Å². The molecule has 23 heavy (non-hydrogen) atoms. The summed E-state index contributed by atoms with van der Waals surface area (Å²) in [5, 5.41) is 9.10. The first-order chi connectivity index (χ1) is 11.0. The van der Waals surface area contributed by atoms with E-state index in [-0.39, 0.29) is 23.5 Å². The molecule has 3 rings (SSSR count). The van der Waals surface area contributed by atoms with Crippen molar-refractivity contribution in [3.63, 3.8) is 0 Å². The quantitative estimate of drug-likeness (QED) is 0.841. The van der Waals surface area contributed by atoms with Crippen LogP contribution in [-0.2, 0) is 10.0 Å².